The van der Waals surface area contributed by atoms with Crippen molar-refractivity contribution in [3.05, 3.63) is 42.0 Å². The predicted octanol–water partition coefficient (Wildman–Crippen LogP) is 0.809. The minimum Gasteiger partial charge on any atom is -0.354 e. The standard InChI is InChI=1S/C14H15N5O3S2/c1-15-13(20)11-7-19(8-17-11)6-9-3-4-10-12(5-9)23-14(18-10)24(21,22)16-2/h3-5,7-8,16H,6H2,1-2H3,(H,15,20). The lowest BCUT2D eigenvalue weighted by molar-refractivity contribution is 0.0958. The van der Waals surface area contributed by atoms with Crippen LogP contribution in [0.4, 0.5) is 0 Å². The molecule has 0 fully saturated rings. The number of nitrogens with zero attached hydrogens (tertiary/aromatic N) is 3. The molecule has 2 N–H and O–H groups in total. The third kappa shape index (κ3) is 3.16. The molecule has 0 saturated heterocycles. The van der Waals surface area contributed by atoms with Crippen LogP contribution in [0.5, 0.6) is 0 Å². The summed E-state index contributed by atoms with van der Waals surface area (Å²) in [6.45, 7) is 0.520. The van der Waals surface area contributed by atoms with Crippen molar-refractivity contribution in [2.75, 3.05) is 14.1 Å². The molecular weight excluding hydrogens is 350 g/mol. The number of thiazole rings is 1. The van der Waals surface area contributed by atoms with Crippen molar-refractivity contribution in [2.24, 2.45) is 0 Å². The maximum atomic E-state index is 11.8. The summed E-state index contributed by atoms with van der Waals surface area (Å²) in [5, 5.41) is 2.52. The molecule has 0 aliphatic carbocycles. The Kier molecular flexibility index (Phi) is 4.35. The van der Waals surface area contributed by atoms with Crippen LogP contribution in [0.2, 0.25) is 0 Å². The van der Waals surface area contributed by atoms with Gasteiger partial charge in [-0.2, -0.15) is 0 Å². The second kappa shape index (κ2) is 6.30. The van der Waals surface area contributed by atoms with Gasteiger partial charge in [-0.1, -0.05) is 6.07 Å². The summed E-state index contributed by atoms with van der Waals surface area (Å²) in [5.41, 5.74) is 1.94. The normalized spacial score (nSPS) is 11.8. The van der Waals surface area contributed by atoms with Gasteiger partial charge in [-0.15, -0.1) is 11.3 Å². The second-order valence-corrected chi connectivity index (χ2v) is 8.09. The van der Waals surface area contributed by atoms with Crippen molar-refractivity contribution in [3.8, 4) is 0 Å². The fourth-order valence-corrected chi connectivity index (χ4v) is 4.26. The summed E-state index contributed by atoms with van der Waals surface area (Å²) in [7, 11) is -0.635. The summed E-state index contributed by atoms with van der Waals surface area (Å²) < 4.78 is 28.5. The maximum Gasteiger partial charge on any atom is 0.271 e. The van der Waals surface area contributed by atoms with Crippen molar-refractivity contribution in [1.29, 1.82) is 0 Å². The number of nitrogens with one attached hydrogen (secondary N) is 2. The first kappa shape index (κ1) is 16.6. The molecule has 3 rings (SSSR count). The van der Waals surface area contributed by atoms with Gasteiger partial charge in [0.2, 0.25) is 4.34 Å². The van der Waals surface area contributed by atoms with Gasteiger partial charge in [0.15, 0.2) is 0 Å². The van der Waals surface area contributed by atoms with E-state index in [0.717, 1.165) is 21.6 Å². The molecule has 0 unspecified atom stereocenters. The number of fused-ring (bicyclic) bond motifs is 1. The van der Waals surface area contributed by atoms with E-state index in [1.807, 2.05) is 12.1 Å². The van der Waals surface area contributed by atoms with Gasteiger partial charge in [-0.25, -0.2) is 23.1 Å². The monoisotopic (exact) mass is 365 g/mol. The van der Waals surface area contributed by atoms with Gasteiger partial charge in [0, 0.05) is 19.8 Å². The highest BCUT2D eigenvalue weighted by molar-refractivity contribution is 7.91. The SMILES string of the molecule is CNC(=O)c1cn(Cc2ccc3nc(S(=O)(=O)NC)sc3c2)cn1. The minimum absolute atomic E-state index is 0.0432. The Hall–Kier alpha value is -2.30. The molecule has 8 nitrogen and oxygen atoms in total. The van der Waals surface area contributed by atoms with Gasteiger partial charge >= 0.3 is 0 Å². The largest absolute Gasteiger partial charge is 0.354 e. The number of rotatable bonds is 5. The first-order chi connectivity index (χ1) is 11.4. The zero-order valence-corrected chi connectivity index (χ0v) is 14.6. The number of benzene rings is 1. The number of amides is 1. The van der Waals surface area contributed by atoms with Gasteiger partial charge in [0.1, 0.15) is 5.69 Å². The van der Waals surface area contributed by atoms with Crippen LogP contribution in [-0.4, -0.2) is 43.0 Å². The van der Waals surface area contributed by atoms with Gasteiger partial charge in [-0.3, -0.25) is 4.79 Å². The molecule has 0 aliphatic rings. The van der Waals surface area contributed by atoms with E-state index in [0.29, 0.717) is 17.8 Å². The molecule has 0 aliphatic heterocycles. The van der Waals surface area contributed by atoms with Crippen molar-refractivity contribution >= 4 is 37.5 Å². The van der Waals surface area contributed by atoms with Crippen molar-refractivity contribution in [1.82, 2.24) is 24.6 Å². The van der Waals surface area contributed by atoms with Crippen LogP contribution in [0.15, 0.2) is 35.1 Å². The van der Waals surface area contributed by atoms with E-state index >= 15 is 0 Å². The third-order valence-electron chi connectivity index (χ3n) is 3.39. The van der Waals surface area contributed by atoms with Crippen LogP contribution in [-0.2, 0) is 16.6 Å². The maximum absolute atomic E-state index is 11.8. The summed E-state index contributed by atoms with van der Waals surface area (Å²) in [6, 6.07) is 5.55. The van der Waals surface area contributed by atoms with E-state index in [-0.39, 0.29) is 10.2 Å². The Labute approximate surface area is 142 Å². The van der Waals surface area contributed by atoms with Crippen LogP contribution in [0, 0.1) is 0 Å². The van der Waals surface area contributed by atoms with Crippen molar-refractivity contribution in [3.63, 3.8) is 0 Å². The number of sulfonamides is 1. The first-order valence-electron chi connectivity index (χ1n) is 7.00. The van der Waals surface area contributed by atoms with E-state index in [1.54, 1.807) is 30.2 Å². The number of aromatic nitrogens is 3. The Balaban J connectivity index is 1.88. The zero-order valence-electron chi connectivity index (χ0n) is 13.0. The Morgan fingerprint density at radius 2 is 2.12 bits per heavy atom. The van der Waals surface area contributed by atoms with Gasteiger partial charge < -0.3 is 9.88 Å². The zero-order chi connectivity index (χ0) is 17.3. The number of imidazole rings is 1. The highest BCUT2D eigenvalue weighted by Crippen LogP contribution is 2.26. The molecule has 1 aromatic carbocycles. The Morgan fingerprint density at radius 3 is 2.83 bits per heavy atom. The summed E-state index contributed by atoms with van der Waals surface area (Å²) in [5.74, 6) is -0.242. The van der Waals surface area contributed by atoms with Crippen LogP contribution in [0.25, 0.3) is 10.2 Å². The lowest BCUT2D eigenvalue weighted by Gasteiger charge is -2.02. The lowest BCUT2D eigenvalue weighted by Crippen LogP contribution is -2.18. The molecule has 10 heteroatoms. The molecule has 0 radical (unpaired) electrons. The van der Waals surface area contributed by atoms with E-state index in [1.165, 1.54) is 7.05 Å². The van der Waals surface area contributed by atoms with Crippen LogP contribution in [0.1, 0.15) is 16.1 Å². The van der Waals surface area contributed by atoms with Gasteiger partial charge in [0.25, 0.3) is 15.9 Å². The second-order valence-electron chi connectivity index (χ2n) is 5.00. The van der Waals surface area contributed by atoms with Crippen LogP contribution >= 0.6 is 11.3 Å². The average Bonchev–Trinajstić information content (AvgIpc) is 3.21. The van der Waals surface area contributed by atoms with Crippen molar-refractivity contribution < 1.29 is 13.2 Å². The molecule has 0 saturated carbocycles. The lowest BCUT2D eigenvalue weighted by atomic mass is 10.2. The van der Waals surface area contributed by atoms with E-state index in [2.05, 4.69) is 20.0 Å². The van der Waals surface area contributed by atoms with Crippen LogP contribution in [0.3, 0.4) is 0 Å². The smallest absolute Gasteiger partial charge is 0.271 e. The molecular formula is C14H15N5O3S2. The van der Waals surface area contributed by atoms with Crippen LogP contribution < -0.4 is 10.0 Å². The Morgan fingerprint density at radius 1 is 1.33 bits per heavy atom. The molecule has 3 aromatic rings. The molecule has 2 aromatic heterocycles. The predicted molar refractivity (Wildman–Crippen MR) is 90.6 cm³/mol. The molecule has 0 spiro atoms. The number of carbonyl (C=O) groups is 1. The van der Waals surface area contributed by atoms with Gasteiger partial charge in [0.05, 0.1) is 16.5 Å². The molecule has 0 atom stereocenters. The topological polar surface area (TPSA) is 106 Å². The quantitative estimate of drug-likeness (QED) is 0.696. The number of hydrogen-bond acceptors (Lipinski definition) is 6. The minimum atomic E-state index is -3.54. The molecule has 0 bridgehead atoms. The number of carbonyl (C=O) groups excluding carboxylic acids is 1. The fraction of sp³-hybridized carbons (Fsp3) is 0.214. The Bertz CT molecular complexity index is 1010. The van der Waals surface area contributed by atoms with Crippen molar-refractivity contribution in [2.45, 2.75) is 10.9 Å². The molecule has 24 heavy (non-hydrogen) atoms. The summed E-state index contributed by atoms with van der Waals surface area (Å²) >= 11 is 1.12. The van der Waals surface area contributed by atoms with E-state index in [4.69, 9.17) is 0 Å². The van der Waals surface area contributed by atoms with Gasteiger partial charge in [-0.05, 0) is 24.7 Å². The van der Waals surface area contributed by atoms with E-state index < -0.39 is 10.0 Å². The average molecular weight is 365 g/mol. The molecule has 2 heterocycles. The van der Waals surface area contributed by atoms with E-state index in [9.17, 15) is 13.2 Å². The third-order valence-corrected chi connectivity index (χ3v) is 6.20. The fourth-order valence-electron chi connectivity index (χ4n) is 2.15. The highest BCUT2D eigenvalue weighted by atomic mass is 32.2. The summed E-state index contributed by atoms with van der Waals surface area (Å²) in [4.78, 5) is 19.7. The highest BCUT2D eigenvalue weighted by Gasteiger charge is 2.17. The first-order valence-corrected chi connectivity index (χ1v) is 9.30. The number of hydrogen-bond donors (Lipinski definition) is 2. The molecule has 1 amide bonds. The summed E-state index contributed by atoms with van der Waals surface area (Å²) in [6.07, 6.45) is 3.24. The molecule has 126 valence electrons.